The second-order valence-corrected chi connectivity index (χ2v) is 3.14. The molecule has 0 radical (unpaired) electrons. The van der Waals surface area contributed by atoms with Crippen molar-refractivity contribution in [3.63, 3.8) is 0 Å². The molecule has 17 heavy (non-hydrogen) atoms. The van der Waals surface area contributed by atoms with E-state index in [1.54, 1.807) is 25.1 Å². The van der Waals surface area contributed by atoms with Gasteiger partial charge in [0.15, 0.2) is 11.5 Å². The number of benzene rings is 1. The molecule has 90 valence electrons. The van der Waals surface area contributed by atoms with E-state index in [4.69, 9.17) is 9.47 Å². The first-order valence-corrected chi connectivity index (χ1v) is 5.19. The van der Waals surface area contributed by atoms with Gasteiger partial charge in [0.1, 0.15) is 6.42 Å². The number of hydrogen-bond acceptors (Lipinski definition) is 4. The Bertz CT molecular complexity index is 454. The molecule has 0 aliphatic heterocycles. The van der Waals surface area contributed by atoms with Crippen LogP contribution in [0, 0.1) is 11.8 Å². The summed E-state index contributed by atoms with van der Waals surface area (Å²) in [5.74, 6) is 5.29. The number of rotatable bonds is 3. The van der Waals surface area contributed by atoms with Crippen molar-refractivity contribution in [2.24, 2.45) is 0 Å². The molecule has 1 aromatic carbocycles. The molecule has 4 heteroatoms. The average Bonchev–Trinajstić information content (AvgIpc) is 2.32. The molecule has 0 amide bonds. The lowest BCUT2D eigenvalue weighted by molar-refractivity contribution is -0.141. The number of para-hydroxylation sites is 1. The highest BCUT2D eigenvalue weighted by molar-refractivity contribution is 5.72. The van der Waals surface area contributed by atoms with Crippen LogP contribution in [-0.2, 0) is 9.53 Å². The topological polar surface area (TPSA) is 55.8 Å². The van der Waals surface area contributed by atoms with Crippen molar-refractivity contribution in [2.75, 3.05) is 13.7 Å². The summed E-state index contributed by atoms with van der Waals surface area (Å²) in [4.78, 5) is 11.0. The Hall–Kier alpha value is -2.15. The van der Waals surface area contributed by atoms with Crippen molar-refractivity contribution < 1.29 is 19.4 Å². The third-order valence-electron chi connectivity index (χ3n) is 1.98. The van der Waals surface area contributed by atoms with Gasteiger partial charge >= 0.3 is 5.97 Å². The molecule has 1 aromatic rings. The summed E-state index contributed by atoms with van der Waals surface area (Å²) in [5.41, 5.74) is 0.425. The van der Waals surface area contributed by atoms with Crippen molar-refractivity contribution in [1.82, 2.24) is 0 Å². The van der Waals surface area contributed by atoms with Crippen LogP contribution in [0.2, 0.25) is 0 Å². The normalized spacial score (nSPS) is 9.06. The standard InChI is InChI=1S/C13H14O4/c1-3-17-12(14)9-5-7-10-6-4-8-11(16-2)13(10)15/h4,6,8,15H,3,9H2,1-2H3. The largest absolute Gasteiger partial charge is 0.503 e. The van der Waals surface area contributed by atoms with Crippen LogP contribution in [0.1, 0.15) is 18.9 Å². The van der Waals surface area contributed by atoms with Gasteiger partial charge in [-0.1, -0.05) is 17.9 Å². The van der Waals surface area contributed by atoms with Crippen LogP contribution >= 0.6 is 0 Å². The maximum absolute atomic E-state index is 11.0. The maximum Gasteiger partial charge on any atom is 0.317 e. The first kappa shape index (κ1) is 12.9. The quantitative estimate of drug-likeness (QED) is 0.639. The molecule has 0 saturated heterocycles. The van der Waals surface area contributed by atoms with Crippen molar-refractivity contribution >= 4 is 5.97 Å². The fraction of sp³-hybridized carbons (Fsp3) is 0.308. The van der Waals surface area contributed by atoms with E-state index in [0.717, 1.165) is 0 Å². The van der Waals surface area contributed by atoms with Gasteiger partial charge in [0.2, 0.25) is 0 Å². The Kier molecular flexibility index (Phi) is 4.89. The van der Waals surface area contributed by atoms with E-state index in [1.165, 1.54) is 7.11 Å². The summed E-state index contributed by atoms with van der Waals surface area (Å²) < 4.78 is 9.67. The zero-order valence-corrected chi connectivity index (χ0v) is 9.82. The highest BCUT2D eigenvalue weighted by Crippen LogP contribution is 2.28. The zero-order valence-electron chi connectivity index (χ0n) is 9.82. The number of phenols is 1. The molecule has 0 fully saturated rings. The molecule has 0 spiro atoms. The fourth-order valence-corrected chi connectivity index (χ4v) is 1.21. The fourth-order valence-electron chi connectivity index (χ4n) is 1.21. The van der Waals surface area contributed by atoms with Gasteiger partial charge in [0.25, 0.3) is 0 Å². The average molecular weight is 234 g/mol. The van der Waals surface area contributed by atoms with Crippen LogP contribution in [0.5, 0.6) is 11.5 Å². The van der Waals surface area contributed by atoms with Crippen molar-refractivity contribution in [3.05, 3.63) is 23.8 Å². The zero-order chi connectivity index (χ0) is 12.7. The number of hydrogen-bond donors (Lipinski definition) is 1. The Balaban J connectivity index is 2.75. The van der Waals surface area contributed by atoms with Crippen LogP contribution in [0.3, 0.4) is 0 Å². The van der Waals surface area contributed by atoms with Crippen LogP contribution in [0.4, 0.5) is 0 Å². The van der Waals surface area contributed by atoms with Crippen molar-refractivity contribution in [3.8, 4) is 23.3 Å². The Labute approximate surface area is 100 Å². The van der Waals surface area contributed by atoms with Crippen molar-refractivity contribution in [2.45, 2.75) is 13.3 Å². The molecule has 0 aliphatic carbocycles. The third kappa shape index (κ3) is 3.72. The molecule has 0 bridgehead atoms. The maximum atomic E-state index is 11.0. The Morgan fingerprint density at radius 3 is 2.88 bits per heavy atom. The minimum atomic E-state index is -0.373. The predicted molar refractivity (Wildman–Crippen MR) is 62.8 cm³/mol. The van der Waals surface area contributed by atoms with Gasteiger partial charge in [0.05, 0.1) is 19.3 Å². The van der Waals surface area contributed by atoms with E-state index in [-0.39, 0.29) is 18.1 Å². The van der Waals surface area contributed by atoms with Gasteiger partial charge < -0.3 is 14.6 Å². The van der Waals surface area contributed by atoms with Gasteiger partial charge in [-0.3, -0.25) is 4.79 Å². The van der Waals surface area contributed by atoms with Crippen LogP contribution in [0.25, 0.3) is 0 Å². The SMILES string of the molecule is CCOC(=O)CC#Cc1cccc(OC)c1O. The molecule has 0 aromatic heterocycles. The minimum Gasteiger partial charge on any atom is -0.503 e. The van der Waals surface area contributed by atoms with E-state index in [1.807, 2.05) is 0 Å². The number of phenolic OH excluding ortho intramolecular Hbond substituents is 1. The van der Waals surface area contributed by atoms with E-state index in [9.17, 15) is 9.90 Å². The lowest BCUT2D eigenvalue weighted by Gasteiger charge is -2.03. The van der Waals surface area contributed by atoms with E-state index in [0.29, 0.717) is 17.9 Å². The number of carbonyl (C=O) groups is 1. The van der Waals surface area contributed by atoms with Crippen molar-refractivity contribution in [1.29, 1.82) is 0 Å². The van der Waals surface area contributed by atoms with Gasteiger partial charge in [0, 0.05) is 0 Å². The van der Waals surface area contributed by atoms with Gasteiger partial charge in [-0.25, -0.2) is 0 Å². The van der Waals surface area contributed by atoms with E-state index < -0.39 is 0 Å². The first-order valence-electron chi connectivity index (χ1n) is 5.19. The van der Waals surface area contributed by atoms with Gasteiger partial charge in [-0.05, 0) is 19.1 Å². The van der Waals surface area contributed by atoms with Crippen LogP contribution < -0.4 is 4.74 Å². The highest BCUT2D eigenvalue weighted by atomic mass is 16.5. The smallest absolute Gasteiger partial charge is 0.317 e. The van der Waals surface area contributed by atoms with Crippen LogP contribution in [-0.4, -0.2) is 24.8 Å². The van der Waals surface area contributed by atoms with Gasteiger partial charge in [-0.15, -0.1) is 0 Å². The Morgan fingerprint density at radius 1 is 1.47 bits per heavy atom. The molecule has 1 N–H and O–H groups in total. The van der Waals surface area contributed by atoms with Crippen LogP contribution in [0.15, 0.2) is 18.2 Å². The molecule has 1 rings (SSSR count). The second-order valence-electron chi connectivity index (χ2n) is 3.14. The number of methoxy groups -OCH3 is 1. The Morgan fingerprint density at radius 2 is 2.24 bits per heavy atom. The van der Waals surface area contributed by atoms with Gasteiger partial charge in [-0.2, -0.15) is 0 Å². The lowest BCUT2D eigenvalue weighted by Crippen LogP contribution is -2.01. The number of esters is 1. The molecule has 0 unspecified atom stereocenters. The van der Waals surface area contributed by atoms with E-state index >= 15 is 0 Å². The summed E-state index contributed by atoms with van der Waals surface area (Å²) in [7, 11) is 1.46. The summed E-state index contributed by atoms with van der Waals surface area (Å²) in [5, 5.41) is 9.71. The monoisotopic (exact) mass is 234 g/mol. The predicted octanol–water partition coefficient (Wildman–Crippen LogP) is 1.71. The molecule has 4 nitrogen and oxygen atoms in total. The molecule has 0 saturated carbocycles. The lowest BCUT2D eigenvalue weighted by atomic mass is 10.2. The molecular formula is C13H14O4. The molecule has 0 aliphatic rings. The first-order chi connectivity index (χ1) is 8.19. The minimum absolute atomic E-state index is 0.00445. The number of carbonyl (C=O) groups excluding carboxylic acids is 1. The number of ether oxygens (including phenoxy) is 2. The molecular weight excluding hydrogens is 220 g/mol. The second kappa shape index (κ2) is 6.44. The third-order valence-corrected chi connectivity index (χ3v) is 1.98. The summed E-state index contributed by atoms with van der Waals surface area (Å²) >= 11 is 0. The number of aromatic hydroxyl groups is 1. The highest BCUT2D eigenvalue weighted by Gasteiger charge is 2.04. The summed E-state index contributed by atoms with van der Waals surface area (Å²) in [6.45, 7) is 2.07. The molecule has 0 atom stereocenters. The summed E-state index contributed by atoms with van der Waals surface area (Å²) in [6, 6.07) is 4.99. The molecule has 0 heterocycles. The van der Waals surface area contributed by atoms with E-state index in [2.05, 4.69) is 11.8 Å². The summed E-state index contributed by atoms with van der Waals surface area (Å²) in [6.07, 6.45) is 0.00445.